The van der Waals surface area contributed by atoms with E-state index in [2.05, 4.69) is 13.8 Å². The maximum atomic E-state index is 12.5. The monoisotopic (exact) mass is 420 g/mol. The maximum absolute atomic E-state index is 12.5. The highest BCUT2D eigenvalue weighted by atomic mass is 16.6. The first-order valence-electron chi connectivity index (χ1n) is 10.5. The molecule has 0 aromatic heterocycles. The van der Waals surface area contributed by atoms with Crippen molar-refractivity contribution < 1.29 is 34.4 Å². The molecule has 2 aliphatic carbocycles. The van der Waals surface area contributed by atoms with Gasteiger partial charge in [0, 0.05) is 23.0 Å². The van der Waals surface area contributed by atoms with Crippen LogP contribution >= 0.6 is 0 Å². The molecule has 7 nitrogen and oxygen atoms in total. The second kappa shape index (κ2) is 7.94. The van der Waals surface area contributed by atoms with Gasteiger partial charge in [0.15, 0.2) is 5.60 Å². The standard InChI is InChI=1S/C23H32O7/c1-14(24)16(25)8-5-6-9-18(26)30-17-12-15-13-29-20(27)23(15,28)22(4)11-7-10-21(2,3)19(17)22/h5-6,8-9,12,14,16-17,19,24-25,28H,7,10-11,13H2,1-4H3/b8-5-,9-6+/t14-,16+,17-,19+,22+,23+/m1/s1. The minimum atomic E-state index is -1.69. The topological polar surface area (TPSA) is 113 Å². The van der Waals surface area contributed by atoms with Gasteiger partial charge in [-0.1, -0.05) is 45.4 Å². The fraction of sp³-hybridized carbons (Fsp3) is 0.652. The SMILES string of the molecule is C[C@@H](O)[C@@H](O)/C=C\C=C\C(=O)O[C@@H]1C=C2COC(=O)[C@]2(O)[C@@]2(C)CCCC(C)(C)[C@H]12. The summed E-state index contributed by atoms with van der Waals surface area (Å²) in [5.41, 5.74) is -2.29. The highest BCUT2D eigenvalue weighted by molar-refractivity contribution is 5.88. The van der Waals surface area contributed by atoms with E-state index in [0.29, 0.717) is 12.0 Å². The number of carbonyl (C=O) groups is 2. The van der Waals surface area contributed by atoms with Crippen molar-refractivity contribution in [3.63, 3.8) is 0 Å². The van der Waals surface area contributed by atoms with E-state index in [1.54, 1.807) is 6.08 Å². The number of hydrogen-bond donors (Lipinski definition) is 3. The second-order valence-corrected chi connectivity index (χ2v) is 9.59. The predicted molar refractivity (Wildman–Crippen MR) is 109 cm³/mol. The Morgan fingerprint density at radius 1 is 1.27 bits per heavy atom. The van der Waals surface area contributed by atoms with Crippen LogP contribution in [-0.4, -0.2) is 57.8 Å². The highest BCUT2D eigenvalue weighted by Gasteiger charge is 2.69. The summed E-state index contributed by atoms with van der Waals surface area (Å²) < 4.78 is 11.0. The van der Waals surface area contributed by atoms with Crippen LogP contribution in [0.15, 0.2) is 36.0 Å². The Labute approximate surface area is 177 Å². The van der Waals surface area contributed by atoms with Crippen molar-refractivity contribution in [1.29, 1.82) is 0 Å². The van der Waals surface area contributed by atoms with E-state index >= 15 is 0 Å². The molecule has 0 spiro atoms. The van der Waals surface area contributed by atoms with Crippen molar-refractivity contribution in [3.8, 4) is 0 Å². The molecule has 2 fully saturated rings. The van der Waals surface area contributed by atoms with Crippen LogP contribution in [0.1, 0.15) is 47.0 Å². The number of esters is 2. The lowest BCUT2D eigenvalue weighted by Crippen LogP contribution is -2.65. The van der Waals surface area contributed by atoms with Gasteiger partial charge in [0.1, 0.15) is 12.7 Å². The van der Waals surface area contributed by atoms with Crippen molar-refractivity contribution in [1.82, 2.24) is 0 Å². The number of allylic oxidation sites excluding steroid dienone is 2. The molecule has 0 aromatic rings. The van der Waals surface area contributed by atoms with E-state index in [1.165, 1.54) is 31.2 Å². The zero-order valence-electron chi connectivity index (χ0n) is 18.0. The van der Waals surface area contributed by atoms with Gasteiger partial charge < -0.3 is 24.8 Å². The van der Waals surface area contributed by atoms with Crippen LogP contribution in [0.3, 0.4) is 0 Å². The number of rotatable bonds is 5. The summed E-state index contributed by atoms with van der Waals surface area (Å²) in [6.45, 7) is 7.52. The molecule has 7 heteroatoms. The minimum Gasteiger partial charge on any atom is -0.459 e. The third-order valence-electron chi connectivity index (χ3n) is 7.08. The smallest absolute Gasteiger partial charge is 0.343 e. The normalized spacial score (nSPS) is 37.3. The lowest BCUT2D eigenvalue weighted by molar-refractivity contribution is -0.194. The molecule has 0 amide bonds. The van der Waals surface area contributed by atoms with Gasteiger partial charge in [-0.25, -0.2) is 9.59 Å². The van der Waals surface area contributed by atoms with Gasteiger partial charge in [-0.15, -0.1) is 0 Å². The molecule has 1 aliphatic heterocycles. The fourth-order valence-electron chi connectivity index (χ4n) is 5.59. The van der Waals surface area contributed by atoms with Crippen LogP contribution < -0.4 is 0 Å². The Morgan fingerprint density at radius 2 is 1.97 bits per heavy atom. The van der Waals surface area contributed by atoms with Crippen LogP contribution in [0, 0.1) is 16.7 Å². The molecule has 3 aliphatic rings. The zero-order valence-corrected chi connectivity index (χ0v) is 18.0. The van der Waals surface area contributed by atoms with E-state index in [1.807, 2.05) is 6.92 Å². The molecule has 1 saturated heterocycles. The van der Waals surface area contributed by atoms with E-state index in [9.17, 15) is 24.9 Å². The molecule has 0 radical (unpaired) electrons. The van der Waals surface area contributed by atoms with E-state index < -0.39 is 41.3 Å². The molecule has 6 atom stereocenters. The quantitative estimate of drug-likeness (QED) is 0.269. The van der Waals surface area contributed by atoms with E-state index in [0.717, 1.165) is 12.8 Å². The number of aliphatic hydroxyl groups excluding tert-OH is 2. The number of fused-ring (bicyclic) bond motifs is 3. The molecule has 1 heterocycles. The lowest BCUT2D eigenvalue weighted by Gasteiger charge is -2.59. The molecule has 0 aromatic carbocycles. The van der Waals surface area contributed by atoms with Gasteiger partial charge in [-0.3, -0.25) is 0 Å². The summed E-state index contributed by atoms with van der Waals surface area (Å²) in [5, 5.41) is 30.2. The third kappa shape index (κ3) is 3.63. The van der Waals surface area contributed by atoms with Crippen LogP contribution in [-0.2, 0) is 19.1 Å². The maximum Gasteiger partial charge on any atom is 0.343 e. The van der Waals surface area contributed by atoms with E-state index in [4.69, 9.17) is 9.47 Å². The third-order valence-corrected chi connectivity index (χ3v) is 7.08. The Hall–Kier alpha value is -1.96. The van der Waals surface area contributed by atoms with Crippen molar-refractivity contribution >= 4 is 11.9 Å². The first-order valence-corrected chi connectivity index (χ1v) is 10.5. The first kappa shape index (κ1) is 22.7. The van der Waals surface area contributed by atoms with Crippen LogP contribution in [0.25, 0.3) is 0 Å². The van der Waals surface area contributed by atoms with Crippen LogP contribution in [0.4, 0.5) is 0 Å². The zero-order chi connectivity index (χ0) is 22.3. The molecule has 1 saturated carbocycles. The average Bonchev–Trinajstić information content (AvgIpc) is 2.94. The van der Waals surface area contributed by atoms with Crippen molar-refractivity contribution in [2.75, 3.05) is 6.61 Å². The van der Waals surface area contributed by atoms with Crippen molar-refractivity contribution in [3.05, 3.63) is 36.0 Å². The number of ether oxygens (including phenoxy) is 2. The van der Waals surface area contributed by atoms with Gasteiger partial charge in [0.05, 0.1) is 12.2 Å². The van der Waals surface area contributed by atoms with Gasteiger partial charge >= 0.3 is 11.9 Å². The lowest BCUT2D eigenvalue weighted by atomic mass is 9.46. The largest absolute Gasteiger partial charge is 0.459 e. The highest BCUT2D eigenvalue weighted by Crippen LogP contribution is 2.63. The fourth-order valence-corrected chi connectivity index (χ4v) is 5.59. The molecule has 0 unspecified atom stereocenters. The number of carbonyl (C=O) groups excluding carboxylic acids is 2. The molecule has 3 N–H and O–H groups in total. The summed E-state index contributed by atoms with van der Waals surface area (Å²) >= 11 is 0. The van der Waals surface area contributed by atoms with Gasteiger partial charge in [0.25, 0.3) is 0 Å². The van der Waals surface area contributed by atoms with Crippen LogP contribution in [0.2, 0.25) is 0 Å². The van der Waals surface area contributed by atoms with Crippen LogP contribution in [0.5, 0.6) is 0 Å². The molecule has 166 valence electrons. The second-order valence-electron chi connectivity index (χ2n) is 9.59. The molecular formula is C23H32O7. The number of hydrogen-bond acceptors (Lipinski definition) is 7. The predicted octanol–water partition coefficient (Wildman–Crippen LogP) is 1.81. The van der Waals surface area contributed by atoms with Crippen molar-refractivity contribution in [2.24, 2.45) is 16.7 Å². The number of cyclic esters (lactones) is 1. The summed E-state index contributed by atoms with van der Waals surface area (Å²) in [4.78, 5) is 25.0. The summed E-state index contributed by atoms with van der Waals surface area (Å²) in [6, 6.07) is 0. The Bertz CT molecular complexity index is 793. The number of aliphatic hydroxyl groups is 3. The first-order chi connectivity index (χ1) is 13.9. The molecule has 3 rings (SSSR count). The molecular weight excluding hydrogens is 388 g/mol. The molecule has 30 heavy (non-hydrogen) atoms. The van der Waals surface area contributed by atoms with Gasteiger partial charge in [-0.05, 0) is 31.3 Å². The van der Waals surface area contributed by atoms with Gasteiger partial charge in [0.2, 0.25) is 0 Å². The Balaban J connectivity index is 1.86. The Kier molecular flexibility index (Phi) is 6.02. The van der Waals surface area contributed by atoms with Gasteiger partial charge in [-0.2, -0.15) is 0 Å². The summed E-state index contributed by atoms with van der Waals surface area (Å²) in [5.74, 6) is -1.44. The average molecular weight is 421 g/mol. The Morgan fingerprint density at radius 3 is 2.63 bits per heavy atom. The van der Waals surface area contributed by atoms with E-state index in [-0.39, 0.29) is 17.9 Å². The molecule has 0 bridgehead atoms. The summed E-state index contributed by atoms with van der Waals surface area (Å²) in [6.07, 6.45) is 7.07. The summed E-state index contributed by atoms with van der Waals surface area (Å²) in [7, 11) is 0. The minimum absolute atomic E-state index is 0.00192. The van der Waals surface area contributed by atoms with Crippen molar-refractivity contribution in [2.45, 2.75) is 70.9 Å².